The molecule has 0 saturated heterocycles. The predicted molar refractivity (Wildman–Crippen MR) is 77.0 cm³/mol. The van der Waals surface area contributed by atoms with Crippen LogP contribution in [0.1, 0.15) is 5.01 Å². The number of carbonyl (C=O) groups is 1. The van der Waals surface area contributed by atoms with Gasteiger partial charge in [-0.05, 0) is 25.1 Å². The highest BCUT2D eigenvalue weighted by molar-refractivity contribution is 7.18. The van der Waals surface area contributed by atoms with E-state index in [1.54, 1.807) is 16.3 Å². The first-order chi connectivity index (χ1) is 9.74. The first-order valence-electron chi connectivity index (χ1n) is 6.17. The average Bonchev–Trinajstić information content (AvgIpc) is 3.01. The predicted octanol–water partition coefficient (Wildman–Crippen LogP) is 1.35. The molecule has 2 N–H and O–H groups in total. The lowest BCUT2D eigenvalue weighted by molar-refractivity contribution is -0.108. The van der Waals surface area contributed by atoms with E-state index < -0.39 is 0 Å². The Balaban J connectivity index is 1.65. The third kappa shape index (κ3) is 2.73. The Morgan fingerprint density at radius 1 is 1.50 bits per heavy atom. The van der Waals surface area contributed by atoms with E-state index in [2.05, 4.69) is 15.9 Å². The molecule has 0 saturated carbocycles. The number of aldehydes is 1. The van der Waals surface area contributed by atoms with Gasteiger partial charge in [-0.1, -0.05) is 0 Å². The molecule has 1 aromatic carbocycles. The van der Waals surface area contributed by atoms with Crippen molar-refractivity contribution in [2.45, 2.75) is 6.92 Å². The fraction of sp³-hybridized carbons (Fsp3) is 0.231. The van der Waals surface area contributed by atoms with Gasteiger partial charge in [0, 0.05) is 6.20 Å². The van der Waals surface area contributed by atoms with Crippen LogP contribution in [0.5, 0.6) is 5.75 Å². The van der Waals surface area contributed by atoms with Gasteiger partial charge in [-0.25, -0.2) is 4.98 Å². The summed E-state index contributed by atoms with van der Waals surface area (Å²) in [6.07, 6.45) is 2.64. The maximum Gasteiger partial charge on any atom is 0.140 e. The van der Waals surface area contributed by atoms with Gasteiger partial charge in [-0.2, -0.15) is 0 Å². The van der Waals surface area contributed by atoms with Gasteiger partial charge >= 0.3 is 0 Å². The molecule has 1 aliphatic rings. The molecule has 0 bridgehead atoms. The van der Waals surface area contributed by atoms with E-state index in [0.29, 0.717) is 13.2 Å². The van der Waals surface area contributed by atoms with E-state index in [1.165, 1.54) is 0 Å². The van der Waals surface area contributed by atoms with Crippen LogP contribution < -0.4 is 15.7 Å². The number of carbonyl (C=O) groups excluding carboxylic acids is 1. The first-order valence-corrected chi connectivity index (χ1v) is 6.99. The fourth-order valence-electron chi connectivity index (χ4n) is 1.92. The molecule has 2 heterocycles. The van der Waals surface area contributed by atoms with Gasteiger partial charge in [0.05, 0.1) is 27.5 Å². The van der Waals surface area contributed by atoms with E-state index >= 15 is 0 Å². The summed E-state index contributed by atoms with van der Waals surface area (Å²) in [4.78, 5) is 14.8. The van der Waals surface area contributed by atoms with Crippen LogP contribution in [-0.2, 0) is 4.79 Å². The lowest BCUT2D eigenvalue weighted by Gasteiger charge is -2.09. The van der Waals surface area contributed by atoms with Gasteiger partial charge < -0.3 is 15.0 Å². The fourth-order valence-corrected chi connectivity index (χ4v) is 2.77. The summed E-state index contributed by atoms with van der Waals surface area (Å²) < 4.78 is 6.85. The third-order valence-corrected chi connectivity index (χ3v) is 3.74. The maximum absolute atomic E-state index is 10.4. The van der Waals surface area contributed by atoms with Crippen molar-refractivity contribution in [2.75, 3.05) is 13.2 Å². The number of thiazole rings is 1. The van der Waals surface area contributed by atoms with Crippen molar-refractivity contribution in [1.82, 2.24) is 21.0 Å². The Morgan fingerprint density at radius 2 is 2.40 bits per heavy atom. The largest absolute Gasteiger partial charge is 0.487 e. The van der Waals surface area contributed by atoms with E-state index in [-0.39, 0.29) is 0 Å². The number of nitrogens with zero attached hydrogens (tertiary/aromatic N) is 2. The normalized spacial score (nSPS) is 14.2. The van der Waals surface area contributed by atoms with Crippen LogP contribution in [0.2, 0.25) is 0 Å². The van der Waals surface area contributed by atoms with Gasteiger partial charge in [-0.3, -0.25) is 5.01 Å². The molecule has 20 heavy (non-hydrogen) atoms. The molecular weight excluding hydrogens is 276 g/mol. The van der Waals surface area contributed by atoms with Crippen LogP contribution in [-0.4, -0.2) is 29.4 Å². The zero-order chi connectivity index (χ0) is 13.9. The quantitative estimate of drug-likeness (QED) is 0.810. The highest BCUT2D eigenvalue weighted by atomic mass is 32.1. The van der Waals surface area contributed by atoms with Crippen molar-refractivity contribution >= 4 is 27.8 Å². The summed E-state index contributed by atoms with van der Waals surface area (Å²) in [5, 5.41) is 2.70. The number of fused-ring (bicyclic) bond motifs is 1. The number of hydrogen-bond donors (Lipinski definition) is 2. The third-order valence-electron chi connectivity index (χ3n) is 2.80. The standard InChI is InChI=1S/C13H14N4O2S/c1-9-14-12-3-2-11(6-13(12)20-9)19-8-10-7-17(4-5-18)16-15-10/h2-3,5-7,15-16H,4,8H2,1H3. The highest BCUT2D eigenvalue weighted by Gasteiger charge is 2.11. The minimum Gasteiger partial charge on any atom is -0.487 e. The number of hydrazine groups is 2. The number of nitrogens with one attached hydrogen (secondary N) is 2. The lowest BCUT2D eigenvalue weighted by atomic mass is 10.3. The molecule has 3 rings (SSSR count). The second-order valence-corrected chi connectivity index (χ2v) is 5.60. The molecule has 0 radical (unpaired) electrons. The van der Waals surface area contributed by atoms with Crippen LogP contribution >= 0.6 is 11.3 Å². The molecule has 6 nitrogen and oxygen atoms in total. The Hall–Kier alpha value is -2.12. The van der Waals surface area contributed by atoms with Crippen LogP contribution in [0.3, 0.4) is 0 Å². The molecule has 0 aliphatic carbocycles. The maximum atomic E-state index is 10.4. The van der Waals surface area contributed by atoms with Gasteiger partial charge in [-0.15, -0.1) is 16.9 Å². The highest BCUT2D eigenvalue weighted by Crippen LogP contribution is 2.26. The second kappa shape index (κ2) is 5.48. The minimum absolute atomic E-state index is 0.294. The summed E-state index contributed by atoms with van der Waals surface area (Å²) in [6.45, 7) is 2.69. The first kappa shape index (κ1) is 12.9. The summed E-state index contributed by atoms with van der Waals surface area (Å²) in [5.41, 5.74) is 7.66. The smallest absolute Gasteiger partial charge is 0.140 e. The van der Waals surface area contributed by atoms with Gasteiger partial charge in [0.1, 0.15) is 18.6 Å². The molecule has 1 aromatic heterocycles. The van der Waals surface area contributed by atoms with Gasteiger partial charge in [0.15, 0.2) is 0 Å². The van der Waals surface area contributed by atoms with Crippen LogP contribution in [0.15, 0.2) is 30.1 Å². The topological polar surface area (TPSA) is 66.5 Å². The summed E-state index contributed by atoms with van der Waals surface area (Å²) >= 11 is 1.65. The van der Waals surface area contributed by atoms with Crippen molar-refractivity contribution in [3.63, 3.8) is 0 Å². The Kier molecular flexibility index (Phi) is 3.53. The molecular formula is C13H14N4O2S. The molecule has 104 valence electrons. The Morgan fingerprint density at radius 3 is 3.25 bits per heavy atom. The monoisotopic (exact) mass is 290 g/mol. The van der Waals surface area contributed by atoms with Crippen molar-refractivity contribution in [1.29, 1.82) is 0 Å². The van der Waals surface area contributed by atoms with Crippen molar-refractivity contribution in [3.05, 3.63) is 35.1 Å². The van der Waals surface area contributed by atoms with Gasteiger partial charge in [0.25, 0.3) is 0 Å². The van der Waals surface area contributed by atoms with E-state index in [1.807, 2.05) is 31.3 Å². The molecule has 0 unspecified atom stereocenters. The van der Waals surface area contributed by atoms with Gasteiger partial charge in [0.2, 0.25) is 0 Å². The summed E-state index contributed by atoms with van der Waals surface area (Å²) in [5.74, 6) is 0.803. The molecule has 7 heteroatoms. The molecule has 2 aromatic rings. The number of aromatic nitrogens is 1. The van der Waals surface area contributed by atoms with E-state index in [0.717, 1.165) is 33.0 Å². The zero-order valence-electron chi connectivity index (χ0n) is 10.9. The molecule has 0 fully saturated rings. The Labute approximate surface area is 120 Å². The number of aryl methyl sites for hydroxylation is 1. The summed E-state index contributed by atoms with van der Waals surface area (Å²) in [7, 11) is 0. The van der Waals surface area contributed by atoms with Crippen molar-refractivity contribution in [2.24, 2.45) is 0 Å². The summed E-state index contributed by atoms with van der Waals surface area (Å²) in [6, 6.07) is 5.86. The van der Waals surface area contributed by atoms with Crippen LogP contribution in [0.25, 0.3) is 10.2 Å². The number of benzene rings is 1. The molecule has 0 spiro atoms. The van der Waals surface area contributed by atoms with E-state index in [4.69, 9.17) is 4.74 Å². The molecule has 0 atom stereocenters. The number of rotatable bonds is 5. The van der Waals surface area contributed by atoms with Crippen molar-refractivity contribution < 1.29 is 9.53 Å². The zero-order valence-corrected chi connectivity index (χ0v) is 11.7. The Bertz CT molecular complexity index is 667. The lowest BCUT2D eigenvalue weighted by Crippen LogP contribution is -2.37. The minimum atomic E-state index is 0.294. The van der Waals surface area contributed by atoms with Crippen LogP contribution in [0.4, 0.5) is 0 Å². The average molecular weight is 290 g/mol. The molecule has 1 aliphatic heterocycles. The SMILES string of the molecule is Cc1nc2ccc(OCC3=CN(CC=O)NN3)cc2s1. The second-order valence-electron chi connectivity index (χ2n) is 4.36. The van der Waals surface area contributed by atoms with Crippen molar-refractivity contribution in [3.8, 4) is 5.75 Å². The number of hydrogen-bond acceptors (Lipinski definition) is 7. The molecule has 0 amide bonds. The number of ether oxygens (including phenoxy) is 1. The van der Waals surface area contributed by atoms with Crippen LogP contribution in [0, 0.1) is 6.92 Å². The van der Waals surface area contributed by atoms with E-state index in [9.17, 15) is 4.79 Å².